The number of nitrogens with zero attached hydrogens (tertiary/aromatic N) is 2. The van der Waals surface area contributed by atoms with E-state index in [4.69, 9.17) is 4.42 Å². The van der Waals surface area contributed by atoms with Gasteiger partial charge in [-0.2, -0.15) is 0 Å². The van der Waals surface area contributed by atoms with Crippen LogP contribution in [0, 0.1) is 5.92 Å². The van der Waals surface area contributed by atoms with Gasteiger partial charge in [0, 0.05) is 44.9 Å². The largest absolute Gasteiger partial charge is 0.466 e. The highest BCUT2D eigenvalue weighted by atomic mass is 16.3. The van der Waals surface area contributed by atoms with Gasteiger partial charge < -0.3 is 19.5 Å². The minimum absolute atomic E-state index is 0.0109. The maximum atomic E-state index is 12.6. The van der Waals surface area contributed by atoms with Crippen LogP contribution in [0.1, 0.15) is 50.0 Å². The molecule has 3 fully saturated rings. The number of furan rings is 1. The molecule has 0 radical (unpaired) electrons. The summed E-state index contributed by atoms with van der Waals surface area (Å²) in [7, 11) is 0. The van der Waals surface area contributed by atoms with E-state index in [1.54, 1.807) is 0 Å². The lowest BCUT2D eigenvalue weighted by Crippen LogP contribution is -2.50. The Balaban J connectivity index is 1.28. The summed E-state index contributed by atoms with van der Waals surface area (Å²) in [5.41, 5.74) is 0. The van der Waals surface area contributed by atoms with Gasteiger partial charge in [0.15, 0.2) is 0 Å². The second kappa shape index (κ2) is 6.73. The normalized spacial score (nSPS) is 29.0. The third-order valence-electron chi connectivity index (χ3n) is 5.82. The first-order chi connectivity index (χ1) is 12.1. The number of nitrogens with one attached hydrogen (secondary N) is 1. The van der Waals surface area contributed by atoms with Gasteiger partial charge in [0.05, 0.1) is 6.04 Å². The Morgan fingerprint density at radius 3 is 2.92 bits per heavy atom. The van der Waals surface area contributed by atoms with Crippen molar-refractivity contribution in [2.75, 3.05) is 26.2 Å². The van der Waals surface area contributed by atoms with Crippen LogP contribution in [0.15, 0.2) is 16.5 Å². The lowest BCUT2D eigenvalue weighted by molar-refractivity contribution is -0.133. The molecule has 1 aromatic rings. The molecule has 1 aliphatic carbocycles. The number of aryl methyl sites for hydroxylation is 1. The highest BCUT2D eigenvalue weighted by Gasteiger charge is 2.36. The molecule has 1 aromatic heterocycles. The van der Waals surface area contributed by atoms with Gasteiger partial charge >= 0.3 is 6.03 Å². The van der Waals surface area contributed by atoms with Crippen molar-refractivity contribution < 1.29 is 14.0 Å². The Morgan fingerprint density at radius 1 is 1.36 bits per heavy atom. The van der Waals surface area contributed by atoms with E-state index >= 15 is 0 Å². The number of amides is 3. The van der Waals surface area contributed by atoms with Gasteiger partial charge in [-0.25, -0.2) is 4.79 Å². The van der Waals surface area contributed by atoms with Crippen LogP contribution < -0.4 is 5.32 Å². The van der Waals surface area contributed by atoms with Crippen molar-refractivity contribution in [3.05, 3.63) is 23.7 Å². The fraction of sp³-hybridized carbons (Fsp3) is 0.684. The Kier molecular flexibility index (Phi) is 4.44. The lowest BCUT2D eigenvalue weighted by atomic mass is 10.0. The van der Waals surface area contributed by atoms with Crippen LogP contribution in [0.4, 0.5) is 4.79 Å². The average molecular weight is 345 g/mol. The number of carbonyl (C=O) groups is 2. The summed E-state index contributed by atoms with van der Waals surface area (Å²) in [6, 6.07) is 4.25. The maximum absolute atomic E-state index is 12.6. The first-order valence-corrected chi connectivity index (χ1v) is 9.52. The molecule has 6 heteroatoms. The van der Waals surface area contributed by atoms with E-state index in [2.05, 4.69) is 18.3 Å². The number of urea groups is 1. The molecule has 136 valence electrons. The van der Waals surface area contributed by atoms with E-state index in [1.165, 1.54) is 6.42 Å². The summed E-state index contributed by atoms with van der Waals surface area (Å²) < 4.78 is 5.90. The Morgan fingerprint density at radius 2 is 2.20 bits per heavy atom. The fourth-order valence-electron chi connectivity index (χ4n) is 4.11. The van der Waals surface area contributed by atoms with Crippen molar-refractivity contribution in [1.29, 1.82) is 0 Å². The fourth-order valence-corrected chi connectivity index (χ4v) is 4.11. The number of rotatable bonds is 5. The number of likely N-dealkylation sites (tertiary alicyclic amines) is 1. The van der Waals surface area contributed by atoms with E-state index in [0.717, 1.165) is 43.4 Å². The Bertz CT molecular complexity index is 656. The standard InChI is InChI=1S/C19H27N3O3/c1-13-11-16(13)17-6-4-15(25-17)5-7-18(23)21-9-2-3-14(12-21)22-10-8-20-19(22)24/h4,6,13-14,16H,2-3,5,7-12H2,1H3,(H,20,24)/t13-,14+,16+/m1/s1. The number of piperidine rings is 1. The minimum Gasteiger partial charge on any atom is -0.466 e. The van der Waals surface area contributed by atoms with Crippen molar-refractivity contribution >= 4 is 11.9 Å². The molecule has 0 aromatic carbocycles. The van der Waals surface area contributed by atoms with Crippen molar-refractivity contribution in [3.8, 4) is 0 Å². The summed E-state index contributed by atoms with van der Waals surface area (Å²) in [6.07, 6.45) is 4.30. The molecule has 3 heterocycles. The third kappa shape index (κ3) is 3.53. The van der Waals surface area contributed by atoms with Crippen LogP contribution in [0.25, 0.3) is 0 Å². The van der Waals surface area contributed by atoms with Gasteiger partial charge in [0.2, 0.25) is 5.91 Å². The quantitative estimate of drug-likeness (QED) is 0.891. The minimum atomic E-state index is 0.0109. The molecule has 3 aliphatic rings. The van der Waals surface area contributed by atoms with Crippen LogP contribution >= 0.6 is 0 Å². The molecule has 0 unspecified atom stereocenters. The second-order valence-corrected chi connectivity index (χ2v) is 7.68. The van der Waals surface area contributed by atoms with Crippen LogP contribution in [0.5, 0.6) is 0 Å². The highest BCUT2D eigenvalue weighted by Crippen LogP contribution is 2.47. The van der Waals surface area contributed by atoms with Gasteiger partial charge in [-0.15, -0.1) is 0 Å². The van der Waals surface area contributed by atoms with Crippen LogP contribution in [0.3, 0.4) is 0 Å². The summed E-state index contributed by atoms with van der Waals surface area (Å²) in [4.78, 5) is 28.2. The monoisotopic (exact) mass is 345 g/mol. The molecule has 2 saturated heterocycles. The molecule has 3 amide bonds. The predicted octanol–water partition coefficient (Wildman–Crippen LogP) is 2.35. The number of hydrogen-bond acceptors (Lipinski definition) is 3. The molecule has 3 atom stereocenters. The molecule has 1 N–H and O–H groups in total. The van der Waals surface area contributed by atoms with E-state index in [-0.39, 0.29) is 18.0 Å². The molecule has 0 bridgehead atoms. The zero-order valence-electron chi connectivity index (χ0n) is 14.9. The van der Waals surface area contributed by atoms with Crippen molar-refractivity contribution in [1.82, 2.24) is 15.1 Å². The second-order valence-electron chi connectivity index (χ2n) is 7.68. The van der Waals surface area contributed by atoms with Crippen molar-refractivity contribution in [2.24, 2.45) is 5.92 Å². The first-order valence-electron chi connectivity index (χ1n) is 9.52. The van der Waals surface area contributed by atoms with Gasteiger partial charge in [0.1, 0.15) is 11.5 Å². The van der Waals surface area contributed by atoms with E-state index in [9.17, 15) is 9.59 Å². The molecule has 1 saturated carbocycles. The van der Waals surface area contributed by atoms with Gasteiger partial charge in [-0.3, -0.25) is 4.79 Å². The van der Waals surface area contributed by atoms with E-state index < -0.39 is 0 Å². The smallest absolute Gasteiger partial charge is 0.317 e. The van der Waals surface area contributed by atoms with Gasteiger partial charge in [0.25, 0.3) is 0 Å². The third-order valence-corrected chi connectivity index (χ3v) is 5.82. The highest BCUT2D eigenvalue weighted by molar-refractivity contribution is 5.78. The summed E-state index contributed by atoms with van der Waals surface area (Å²) >= 11 is 0. The molecule has 25 heavy (non-hydrogen) atoms. The van der Waals surface area contributed by atoms with Gasteiger partial charge in [-0.1, -0.05) is 6.92 Å². The SMILES string of the molecule is C[C@@H]1C[C@@H]1c1ccc(CCC(=O)N2CCC[C@H](N3CCNC3=O)C2)o1. The summed E-state index contributed by atoms with van der Waals surface area (Å²) in [5.74, 6) is 3.47. The molecule has 2 aliphatic heterocycles. The number of hydrogen-bond donors (Lipinski definition) is 1. The molecule has 6 nitrogen and oxygen atoms in total. The van der Waals surface area contributed by atoms with Crippen LogP contribution in [-0.4, -0.2) is 54.0 Å². The van der Waals surface area contributed by atoms with E-state index in [1.807, 2.05) is 15.9 Å². The van der Waals surface area contributed by atoms with Crippen LogP contribution in [-0.2, 0) is 11.2 Å². The van der Waals surface area contributed by atoms with Crippen LogP contribution in [0.2, 0.25) is 0 Å². The first kappa shape index (κ1) is 16.5. The zero-order valence-corrected chi connectivity index (χ0v) is 14.9. The lowest BCUT2D eigenvalue weighted by Gasteiger charge is -2.37. The predicted molar refractivity (Wildman–Crippen MR) is 93.3 cm³/mol. The molecule has 4 rings (SSSR count). The van der Waals surface area contributed by atoms with Gasteiger partial charge in [-0.05, 0) is 37.3 Å². The summed E-state index contributed by atoms with van der Waals surface area (Å²) in [5, 5.41) is 2.85. The maximum Gasteiger partial charge on any atom is 0.317 e. The Hall–Kier alpha value is -1.98. The van der Waals surface area contributed by atoms with Crippen molar-refractivity contribution in [3.63, 3.8) is 0 Å². The molecule has 0 spiro atoms. The zero-order chi connectivity index (χ0) is 17.4. The average Bonchev–Trinajstić information content (AvgIpc) is 3.02. The van der Waals surface area contributed by atoms with Crippen molar-refractivity contribution in [2.45, 2.75) is 51.0 Å². The molecular weight excluding hydrogens is 318 g/mol. The molecular formula is C19H27N3O3. The number of carbonyl (C=O) groups excluding carboxylic acids is 2. The topological polar surface area (TPSA) is 65.8 Å². The van der Waals surface area contributed by atoms with E-state index in [0.29, 0.717) is 31.8 Å². The summed E-state index contributed by atoms with van der Waals surface area (Å²) in [6.45, 7) is 5.16. The Labute approximate surface area is 148 Å².